The molecule has 7 nitrogen and oxygen atoms in total. The number of rotatable bonds is 7. The number of aryl methyl sites for hydroxylation is 1. The first-order valence-corrected chi connectivity index (χ1v) is 8.11. The summed E-state index contributed by atoms with van der Waals surface area (Å²) < 4.78 is 32.3. The van der Waals surface area contributed by atoms with Crippen molar-refractivity contribution in [1.29, 1.82) is 0 Å². The molecule has 0 fully saturated rings. The van der Waals surface area contributed by atoms with Crippen LogP contribution >= 0.6 is 0 Å². The lowest BCUT2D eigenvalue weighted by atomic mass is 10.4. The van der Waals surface area contributed by atoms with Gasteiger partial charge < -0.3 is 9.73 Å². The van der Waals surface area contributed by atoms with E-state index in [4.69, 9.17) is 4.42 Å². The molecule has 0 spiro atoms. The van der Waals surface area contributed by atoms with Crippen LogP contribution < -0.4 is 10.0 Å². The molecular formula is C13H18N4O3S. The van der Waals surface area contributed by atoms with Crippen molar-refractivity contribution in [3.63, 3.8) is 0 Å². The first-order valence-electron chi connectivity index (χ1n) is 6.63. The van der Waals surface area contributed by atoms with E-state index in [2.05, 4.69) is 20.0 Å². The Morgan fingerprint density at radius 2 is 2.14 bits per heavy atom. The number of sulfonamides is 1. The number of oxazole rings is 1. The van der Waals surface area contributed by atoms with Gasteiger partial charge in [-0.05, 0) is 25.5 Å². The van der Waals surface area contributed by atoms with Crippen molar-refractivity contribution in [2.45, 2.75) is 31.8 Å². The second-order valence-corrected chi connectivity index (χ2v) is 6.15. The highest BCUT2D eigenvalue weighted by atomic mass is 32.2. The van der Waals surface area contributed by atoms with E-state index in [1.807, 2.05) is 6.92 Å². The molecule has 0 bridgehead atoms. The second kappa shape index (κ2) is 6.68. The van der Waals surface area contributed by atoms with E-state index >= 15 is 0 Å². The third kappa shape index (κ3) is 4.02. The summed E-state index contributed by atoms with van der Waals surface area (Å²) in [5.74, 6) is 0.947. The average molecular weight is 310 g/mol. The van der Waals surface area contributed by atoms with Gasteiger partial charge in [0.15, 0.2) is 5.03 Å². The van der Waals surface area contributed by atoms with Gasteiger partial charge in [-0.1, -0.05) is 6.92 Å². The van der Waals surface area contributed by atoms with Crippen molar-refractivity contribution in [3.05, 3.63) is 36.2 Å². The fourth-order valence-corrected chi connectivity index (χ4v) is 2.79. The molecule has 0 atom stereocenters. The molecule has 2 rings (SSSR count). The van der Waals surface area contributed by atoms with Gasteiger partial charge in [0.2, 0.25) is 5.89 Å². The van der Waals surface area contributed by atoms with Gasteiger partial charge >= 0.3 is 0 Å². The molecular weight excluding hydrogens is 292 g/mol. The number of pyridine rings is 1. The quantitative estimate of drug-likeness (QED) is 0.807. The minimum Gasteiger partial charge on any atom is -0.445 e. The number of nitrogens with zero attached hydrogens (tertiary/aromatic N) is 2. The zero-order valence-electron chi connectivity index (χ0n) is 12.0. The highest BCUT2D eigenvalue weighted by Gasteiger charge is 2.20. The van der Waals surface area contributed by atoms with Crippen molar-refractivity contribution < 1.29 is 12.8 Å². The smallest absolute Gasteiger partial charge is 0.260 e. The Kier molecular flexibility index (Phi) is 4.92. The summed E-state index contributed by atoms with van der Waals surface area (Å²) >= 11 is 0. The minimum absolute atomic E-state index is 0.0139. The number of hydrogen-bond donors (Lipinski definition) is 2. The molecule has 2 heterocycles. The summed E-state index contributed by atoms with van der Waals surface area (Å²) in [7, 11) is -3.73. The highest BCUT2D eigenvalue weighted by molar-refractivity contribution is 7.89. The van der Waals surface area contributed by atoms with Gasteiger partial charge in [0.05, 0.1) is 18.4 Å². The van der Waals surface area contributed by atoms with Crippen LogP contribution in [-0.2, 0) is 16.6 Å². The van der Waals surface area contributed by atoms with E-state index < -0.39 is 10.0 Å². The average Bonchev–Trinajstić information content (AvgIpc) is 2.89. The molecule has 114 valence electrons. The van der Waals surface area contributed by atoms with Crippen LogP contribution in [0.2, 0.25) is 0 Å². The maximum absolute atomic E-state index is 12.3. The molecule has 2 N–H and O–H groups in total. The van der Waals surface area contributed by atoms with E-state index in [0.717, 1.165) is 6.42 Å². The SMILES string of the molecule is CCCNc1cccnc1S(=O)(=O)NCc1ncc(C)o1. The summed E-state index contributed by atoms with van der Waals surface area (Å²) in [4.78, 5) is 7.91. The van der Waals surface area contributed by atoms with Gasteiger partial charge in [0, 0.05) is 12.7 Å². The van der Waals surface area contributed by atoms with Crippen molar-refractivity contribution in [1.82, 2.24) is 14.7 Å². The molecule has 21 heavy (non-hydrogen) atoms. The minimum atomic E-state index is -3.73. The first kappa shape index (κ1) is 15.5. The van der Waals surface area contributed by atoms with Crippen LogP contribution in [0.5, 0.6) is 0 Å². The van der Waals surface area contributed by atoms with Crippen LogP contribution in [0.25, 0.3) is 0 Å². The Hall–Kier alpha value is -1.93. The Labute approximate surface area is 123 Å². The van der Waals surface area contributed by atoms with E-state index in [-0.39, 0.29) is 11.6 Å². The third-order valence-electron chi connectivity index (χ3n) is 2.67. The van der Waals surface area contributed by atoms with Crippen molar-refractivity contribution in [3.8, 4) is 0 Å². The molecule has 0 aliphatic carbocycles. The van der Waals surface area contributed by atoms with Crippen molar-refractivity contribution >= 4 is 15.7 Å². The third-order valence-corrected chi connectivity index (χ3v) is 4.03. The Morgan fingerprint density at radius 3 is 2.81 bits per heavy atom. The highest BCUT2D eigenvalue weighted by Crippen LogP contribution is 2.18. The van der Waals surface area contributed by atoms with E-state index in [0.29, 0.717) is 23.9 Å². The predicted octanol–water partition coefficient (Wildman–Crippen LogP) is 1.68. The zero-order chi connectivity index (χ0) is 15.3. The monoisotopic (exact) mass is 310 g/mol. The standard InChI is InChI=1S/C13H18N4O3S/c1-3-6-14-11-5-4-7-15-13(11)21(18,19)17-9-12-16-8-10(2)20-12/h4-5,7-8,14,17H,3,6,9H2,1-2H3. The predicted molar refractivity (Wildman–Crippen MR) is 78.3 cm³/mol. The lowest BCUT2D eigenvalue weighted by molar-refractivity contribution is 0.463. The molecule has 0 aromatic carbocycles. The number of nitrogens with one attached hydrogen (secondary N) is 2. The van der Waals surface area contributed by atoms with E-state index in [1.54, 1.807) is 25.3 Å². The van der Waals surface area contributed by atoms with Crippen LogP contribution in [0.15, 0.2) is 34.0 Å². The lowest BCUT2D eigenvalue weighted by Gasteiger charge is -2.10. The Bertz CT molecular complexity index is 697. The molecule has 2 aromatic heterocycles. The lowest BCUT2D eigenvalue weighted by Crippen LogP contribution is -2.25. The molecule has 0 saturated heterocycles. The maximum atomic E-state index is 12.3. The first-order chi connectivity index (χ1) is 10.0. The molecule has 0 aliphatic rings. The fourth-order valence-electron chi connectivity index (χ4n) is 1.71. The van der Waals surface area contributed by atoms with Gasteiger partial charge in [0.1, 0.15) is 5.76 Å². The topological polar surface area (TPSA) is 97.1 Å². The summed E-state index contributed by atoms with van der Waals surface area (Å²) in [5.41, 5.74) is 0.482. The molecule has 2 aromatic rings. The van der Waals surface area contributed by atoms with Gasteiger partial charge in [-0.2, -0.15) is 0 Å². The number of anilines is 1. The summed E-state index contributed by atoms with van der Waals surface area (Å²) in [6.07, 6.45) is 3.87. The normalized spacial score (nSPS) is 11.5. The van der Waals surface area contributed by atoms with E-state index in [9.17, 15) is 8.42 Å². The van der Waals surface area contributed by atoms with Gasteiger partial charge in [0.25, 0.3) is 10.0 Å². The molecule has 0 radical (unpaired) electrons. The molecule has 8 heteroatoms. The Balaban J connectivity index is 2.15. The van der Waals surface area contributed by atoms with Gasteiger partial charge in [-0.25, -0.2) is 23.1 Å². The van der Waals surface area contributed by atoms with Gasteiger partial charge in [-0.3, -0.25) is 0 Å². The Morgan fingerprint density at radius 1 is 1.33 bits per heavy atom. The molecule has 0 amide bonds. The van der Waals surface area contributed by atoms with Gasteiger partial charge in [-0.15, -0.1) is 0 Å². The van der Waals surface area contributed by atoms with E-state index in [1.165, 1.54) is 6.20 Å². The van der Waals surface area contributed by atoms with Crippen molar-refractivity contribution in [2.24, 2.45) is 0 Å². The maximum Gasteiger partial charge on any atom is 0.260 e. The zero-order valence-corrected chi connectivity index (χ0v) is 12.8. The number of hydrogen-bond acceptors (Lipinski definition) is 6. The summed E-state index contributed by atoms with van der Waals surface area (Å²) in [5, 5.41) is 3.02. The molecule has 0 saturated carbocycles. The summed E-state index contributed by atoms with van der Waals surface area (Å²) in [6.45, 7) is 4.41. The second-order valence-electron chi connectivity index (χ2n) is 4.47. The molecule has 0 aliphatic heterocycles. The van der Waals surface area contributed by atoms with Crippen LogP contribution in [0.4, 0.5) is 5.69 Å². The van der Waals surface area contributed by atoms with Crippen LogP contribution in [-0.4, -0.2) is 24.9 Å². The largest absolute Gasteiger partial charge is 0.445 e. The number of aromatic nitrogens is 2. The van der Waals surface area contributed by atoms with Crippen LogP contribution in [0.1, 0.15) is 25.0 Å². The summed E-state index contributed by atoms with van der Waals surface area (Å²) in [6, 6.07) is 3.38. The van der Waals surface area contributed by atoms with Crippen LogP contribution in [0.3, 0.4) is 0 Å². The van der Waals surface area contributed by atoms with Crippen molar-refractivity contribution in [2.75, 3.05) is 11.9 Å². The van der Waals surface area contributed by atoms with Crippen LogP contribution in [0, 0.1) is 6.92 Å². The fraction of sp³-hybridized carbons (Fsp3) is 0.385. The molecule has 0 unspecified atom stereocenters.